The van der Waals surface area contributed by atoms with E-state index in [-0.39, 0.29) is 5.91 Å². The van der Waals surface area contributed by atoms with Crippen LogP contribution in [0.1, 0.15) is 55.1 Å². The number of carbonyl (C=O) groups is 1. The van der Waals surface area contributed by atoms with Crippen LogP contribution in [0.5, 0.6) is 0 Å². The summed E-state index contributed by atoms with van der Waals surface area (Å²) < 4.78 is 0. The number of hydrogen-bond donors (Lipinski definition) is 1. The molecule has 4 nitrogen and oxygen atoms in total. The molecular weight excluding hydrogens is 238 g/mol. The smallest absolute Gasteiger partial charge is 0.254 e. The van der Waals surface area contributed by atoms with Crippen molar-refractivity contribution in [1.29, 1.82) is 0 Å². The maximum Gasteiger partial charge on any atom is 0.254 e. The molecule has 0 saturated carbocycles. The summed E-state index contributed by atoms with van der Waals surface area (Å²) in [5, 5.41) is 2.98. The van der Waals surface area contributed by atoms with E-state index in [1.54, 1.807) is 6.20 Å². The van der Waals surface area contributed by atoms with Gasteiger partial charge in [-0.25, -0.2) is 9.97 Å². The number of allylic oxidation sites excluding steroid dienone is 1. The molecule has 19 heavy (non-hydrogen) atoms. The fourth-order valence-electron chi connectivity index (χ4n) is 2.33. The van der Waals surface area contributed by atoms with Crippen molar-refractivity contribution >= 4 is 5.91 Å². The lowest BCUT2D eigenvalue weighted by atomic mass is 9.99. The monoisotopic (exact) mass is 259 g/mol. The number of nitrogens with one attached hydrogen (secondary N) is 1. The van der Waals surface area contributed by atoms with E-state index in [4.69, 9.17) is 0 Å². The summed E-state index contributed by atoms with van der Waals surface area (Å²) in [5.74, 6) is -0.0597. The third-order valence-electron chi connectivity index (χ3n) is 3.39. The van der Waals surface area contributed by atoms with E-state index < -0.39 is 0 Å². The molecule has 1 aromatic heterocycles. The lowest BCUT2D eigenvalue weighted by Gasteiger charge is -2.14. The number of hydrogen-bond acceptors (Lipinski definition) is 3. The highest BCUT2D eigenvalue weighted by Crippen LogP contribution is 2.16. The van der Waals surface area contributed by atoms with Crippen molar-refractivity contribution in [2.75, 3.05) is 6.54 Å². The summed E-state index contributed by atoms with van der Waals surface area (Å²) in [6.07, 6.45) is 11.9. The first-order valence-corrected chi connectivity index (χ1v) is 7.06. The Morgan fingerprint density at radius 2 is 2.32 bits per heavy atom. The van der Waals surface area contributed by atoms with Crippen molar-refractivity contribution in [2.45, 2.75) is 45.4 Å². The van der Waals surface area contributed by atoms with Crippen LogP contribution in [0.25, 0.3) is 0 Å². The summed E-state index contributed by atoms with van der Waals surface area (Å²) in [5.41, 5.74) is 2.79. The van der Waals surface area contributed by atoms with Crippen LogP contribution in [0.4, 0.5) is 0 Å². The van der Waals surface area contributed by atoms with Gasteiger partial charge in [-0.15, -0.1) is 0 Å². The van der Waals surface area contributed by atoms with Gasteiger partial charge in [-0.05, 0) is 32.1 Å². The highest BCUT2D eigenvalue weighted by Gasteiger charge is 2.13. The summed E-state index contributed by atoms with van der Waals surface area (Å²) in [6, 6.07) is 0. The van der Waals surface area contributed by atoms with Crippen molar-refractivity contribution in [3.8, 4) is 0 Å². The molecule has 1 aliphatic rings. The van der Waals surface area contributed by atoms with Crippen LogP contribution in [0.15, 0.2) is 24.2 Å². The second-order valence-corrected chi connectivity index (χ2v) is 4.92. The molecular formula is C15H21N3O. The molecule has 4 heteroatoms. The van der Waals surface area contributed by atoms with Crippen molar-refractivity contribution in [3.05, 3.63) is 35.4 Å². The van der Waals surface area contributed by atoms with Gasteiger partial charge in [0.05, 0.1) is 11.3 Å². The summed E-state index contributed by atoms with van der Waals surface area (Å²) in [6.45, 7) is 2.73. The van der Waals surface area contributed by atoms with Gasteiger partial charge < -0.3 is 5.32 Å². The summed E-state index contributed by atoms with van der Waals surface area (Å²) in [7, 11) is 0. The molecule has 1 N–H and O–H groups in total. The molecule has 0 fully saturated rings. The molecule has 0 aromatic carbocycles. The Morgan fingerprint density at radius 1 is 1.42 bits per heavy atom. The summed E-state index contributed by atoms with van der Waals surface area (Å²) in [4.78, 5) is 20.3. The molecule has 1 amide bonds. The molecule has 0 bridgehead atoms. The van der Waals surface area contributed by atoms with Crippen molar-refractivity contribution in [3.63, 3.8) is 0 Å². The van der Waals surface area contributed by atoms with Crippen LogP contribution in [0, 0.1) is 0 Å². The minimum absolute atomic E-state index is 0.0597. The molecule has 0 spiro atoms. The standard InChI is InChI=1S/C15H21N3O/c1-2-6-14-13(10-16-11-18-14)15(19)17-9-12-7-4-3-5-8-12/h7,10-11H,2-6,8-9H2,1H3,(H,17,19). The Morgan fingerprint density at radius 3 is 3.05 bits per heavy atom. The topological polar surface area (TPSA) is 54.9 Å². The molecule has 0 unspecified atom stereocenters. The first kappa shape index (κ1) is 13.7. The molecule has 0 aliphatic heterocycles. The van der Waals surface area contributed by atoms with Crippen LogP contribution in [0.3, 0.4) is 0 Å². The first-order valence-electron chi connectivity index (χ1n) is 7.06. The van der Waals surface area contributed by atoms with E-state index in [0.29, 0.717) is 12.1 Å². The fraction of sp³-hybridized carbons (Fsp3) is 0.533. The molecule has 1 heterocycles. The van der Waals surface area contributed by atoms with Crippen molar-refractivity contribution < 1.29 is 4.79 Å². The zero-order valence-corrected chi connectivity index (χ0v) is 11.5. The minimum atomic E-state index is -0.0597. The molecule has 2 rings (SSSR count). The van der Waals surface area contributed by atoms with Crippen LogP contribution >= 0.6 is 0 Å². The number of carbonyl (C=O) groups excluding carboxylic acids is 1. The lowest BCUT2D eigenvalue weighted by Crippen LogP contribution is -2.27. The maximum atomic E-state index is 12.2. The van der Waals surface area contributed by atoms with Crippen LogP contribution in [-0.4, -0.2) is 22.4 Å². The van der Waals surface area contributed by atoms with E-state index >= 15 is 0 Å². The SMILES string of the molecule is CCCc1ncncc1C(=O)NCC1=CCCCC1. The Hall–Kier alpha value is -1.71. The molecule has 0 radical (unpaired) electrons. The van der Waals surface area contributed by atoms with Crippen molar-refractivity contribution in [2.24, 2.45) is 0 Å². The zero-order chi connectivity index (χ0) is 13.5. The van der Waals surface area contributed by atoms with Crippen LogP contribution < -0.4 is 5.32 Å². The van der Waals surface area contributed by atoms with E-state index in [9.17, 15) is 4.79 Å². The summed E-state index contributed by atoms with van der Waals surface area (Å²) >= 11 is 0. The van der Waals surface area contributed by atoms with Gasteiger partial charge in [-0.2, -0.15) is 0 Å². The minimum Gasteiger partial charge on any atom is -0.348 e. The Balaban J connectivity index is 1.97. The predicted molar refractivity (Wildman–Crippen MR) is 74.9 cm³/mol. The number of amides is 1. The van der Waals surface area contributed by atoms with Gasteiger partial charge >= 0.3 is 0 Å². The number of rotatable bonds is 5. The van der Waals surface area contributed by atoms with Crippen molar-refractivity contribution in [1.82, 2.24) is 15.3 Å². The van der Waals surface area contributed by atoms with Gasteiger partial charge in [0.2, 0.25) is 0 Å². The average molecular weight is 259 g/mol. The van der Waals surface area contributed by atoms with Crippen LogP contribution in [0.2, 0.25) is 0 Å². The Kier molecular flexibility index (Phi) is 5.07. The normalized spacial score (nSPS) is 14.9. The quantitative estimate of drug-likeness (QED) is 0.827. The van der Waals surface area contributed by atoms with E-state index in [0.717, 1.165) is 31.4 Å². The fourth-order valence-corrected chi connectivity index (χ4v) is 2.33. The van der Waals surface area contributed by atoms with Crippen LogP contribution in [-0.2, 0) is 6.42 Å². The molecule has 1 aliphatic carbocycles. The van der Waals surface area contributed by atoms with E-state index in [2.05, 4.69) is 28.3 Å². The lowest BCUT2D eigenvalue weighted by molar-refractivity contribution is 0.0954. The third-order valence-corrected chi connectivity index (χ3v) is 3.39. The van der Waals surface area contributed by atoms with Gasteiger partial charge in [0.1, 0.15) is 6.33 Å². The van der Waals surface area contributed by atoms with Gasteiger partial charge in [0.25, 0.3) is 5.91 Å². The first-order chi connectivity index (χ1) is 9.31. The largest absolute Gasteiger partial charge is 0.348 e. The van der Waals surface area contributed by atoms with Gasteiger partial charge in [-0.1, -0.05) is 25.0 Å². The molecule has 0 atom stereocenters. The number of aromatic nitrogens is 2. The third kappa shape index (κ3) is 3.88. The second kappa shape index (κ2) is 7.02. The van der Waals surface area contributed by atoms with Gasteiger partial charge in [0.15, 0.2) is 0 Å². The number of aryl methyl sites for hydroxylation is 1. The average Bonchev–Trinajstić information content (AvgIpc) is 2.47. The molecule has 102 valence electrons. The van der Waals surface area contributed by atoms with Gasteiger partial charge in [-0.3, -0.25) is 4.79 Å². The Labute approximate surface area is 114 Å². The predicted octanol–water partition coefficient (Wildman–Crippen LogP) is 2.66. The zero-order valence-electron chi connectivity index (χ0n) is 11.5. The second-order valence-electron chi connectivity index (χ2n) is 4.92. The highest BCUT2D eigenvalue weighted by molar-refractivity contribution is 5.95. The highest BCUT2D eigenvalue weighted by atomic mass is 16.1. The molecule has 0 saturated heterocycles. The number of nitrogens with zero attached hydrogens (tertiary/aromatic N) is 2. The maximum absolute atomic E-state index is 12.2. The van der Waals surface area contributed by atoms with Gasteiger partial charge in [0, 0.05) is 12.7 Å². The Bertz CT molecular complexity index is 468. The van der Waals surface area contributed by atoms with E-state index in [1.165, 1.54) is 24.7 Å². The molecule has 1 aromatic rings. The van der Waals surface area contributed by atoms with E-state index in [1.807, 2.05) is 0 Å².